The monoisotopic (exact) mass is 430 g/mol. The molecule has 0 unspecified atom stereocenters. The Morgan fingerprint density at radius 2 is 1.69 bits per heavy atom. The number of aromatic nitrogens is 2. The number of methoxy groups -OCH3 is 3. The number of hydrazone groups is 1. The molecule has 0 aliphatic carbocycles. The summed E-state index contributed by atoms with van der Waals surface area (Å²) in [5.41, 5.74) is 4.94. The van der Waals surface area contributed by atoms with Gasteiger partial charge < -0.3 is 14.2 Å². The van der Waals surface area contributed by atoms with E-state index in [1.54, 1.807) is 45.6 Å². The van der Waals surface area contributed by atoms with Crippen LogP contribution in [-0.2, 0) is 0 Å². The van der Waals surface area contributed by atoms with E-state index in [2.05, 4.69) is 20.7 Å². The molecule has 1 amide bonds. The lowest BCUT2D eigenvalue weighted by Crippen LogP contribution is -2.18. The Balaban J connectivity index is 1.54. The fraction of sp³-hybridized carbons (Fsp3) is 0.125. The molecule has 4 aromatic rings. The van der Waals surface area contributed by atoms with Crippen molar-refractivity contribution in [3.05, 3.63) is 71.9 Å². The lowest BCUT2D eigenvalue weighted by molar-refractivity contribution is 0.0950. The third-order valence-corrected chi connectivity index (χ3v) is 4.98. The van der Waals surface area contributed by atoms with Crippen LogP contribution in [0.5, 0.6) is 17.2 Å². The van der Waals surface area contributed by atoms with Crippen LogP contribution in [0.3, 0.4) is 0 Å². The van der Waals surface area contributed by atoms with Crippen molar-refractivity contribution < 1.29 is 19.0 Å². The maximum Gasteiger partial charge on any atom is 0.289 e. The number of nitrogens with one attached hydrogen (secondary N) is 2. The number of ether oxygens (including phenoxy) is 3. The molecule has 0 radical (unpaired) electrons. The predicted octanol–water partition coefficient (Wildman–Crippen LogP) is 4.02. The number of carbonyl (C=O) groups is 1. The van der Waals surface area contributed by atoms with Gasteiger partial charge in [0.25, 0.3) is 5.91 Å². The molecule has 2 N–H and O–H groups in total. The molecule has 32 heavy (non-hydrogen) atoms. The molecule has 3 aromatic carbocycles. The first-order valence-electron chi connectivity index (χ1n) is 9.81. The summed E-state index contributed by atoms with van der Waals surface area (Å²) in [5.74, 6) is 1.45. The van der Waals surface area contributed by atoms with E-state index in [4.69, 9.17) is 14.2 Å². The SMILES string of the molecule is COc1ccc(C=NNC(=O)c2cc(-c3c(OC)ccc4ccccc34)n[nH]2)cc1OC. The second-order valence-electron chi connectivity index (χ2n) is 6.84. The average molecular weight is 430 g/mol. The van der Waals surface area contributed by atoms with Crippen LogP contribution in [0.4, 0.5) is 0 Å². The van der Waals surface area contributed by atoms with E-state index in [1.165, 1.54) is 6.21 Å². The minimum Gasteiger partial charge on any atom is -0.496 e. The zero-order chi connectivity index (χ0) is 22.5. The van der Waals surface area contributed by atoms with Gasteiger partial charge in [-0.2, -0.15) is 10.2 Å². The van der Waals surface area contributed by atoms with Gasteiger partial charge in [0, 0.05) is 0 Å². The first-order valence-corrected chi connectivity index (χ1v) is 9.81. The second kappa shape index (κ2) is 9.22. The van der Waals surface area contributed by atoms with Gasteiger partial charge in [-0.15, -0.1) is 0 Å². The summed E-state index contributed by atoms with van der Waals surface area (Å²) in [4.78, 5) is 12.5. The molecule has 8 heteroatoms. The number of amides is 1. The molecule has 4 rings (SSSR count). The Kier molecular flexibility index (Phi) is 6.03. The lowest BCUT2D eigenvalue weighted by atomic mass is 10.0. The lowest BCUT2D eigenvalue weighted by Gasteiger charge is -2.09. The molecule has 0 bridgehead atoms. The van der Waals surface area contributed by atoms with Gasteiger partial charge in [0.05, 0.1) is 38.8 Å². The van der Waals surface area contributed by atoms with Crippen LogP contribution in [0.25, 0.3) is 22.0 Å². The van der Waals surface area contributed by atoms with E-state index in [1.807, 2.05) is 36.4 Å². The first kappa shape index (κ1) is 20.9. The van der Waals surface area contributed by atoms with Crippen LogP contribution in [0.15, 0.2) is 65.8 Å². The average Bonchev–Trinajstić information content (AvgIpc) is 3.33. The van der Waals surface area contributed by atoms with Crippen molar-refractivity contribution in [1.29, 1.82) is 0 Å². The Morgan fingerprint density at radius 3 is 2.47 bits per heavy atom. The highest BCUT2D eigenvalue weighted by molar-refractivity contribution is 6.00. The zero-order valence-corrected chi connectivity index (χ0v) is 17.9. The summed E-state index contributed by atoms with van der Waals surface area (Å²) in [7, 11) is 4.73. The Morgan fingerprint density at radius 1 is 0.938 bits per heavy atom. The molecule has 1 aromatic heterocycles. The molecule has 0 aliphatic rings. The number of carbonyl (C=O) groups excluding carboxylic acids is 1. The first-order chi connectivity index (χ1) is 15.6. The van der Waals surface area contributed by atoms with Crippen molar-refractivity contribution in [2.45, 2.75) is 0 Å². The molecule has 162 valence electrons. The van der Waals surface area contributed by atoms with Gasteiger partial charge in [-0.05, 0) is 46.7 Å². The van der Waals surface area contributed by atoms with Crippen LogP contribution in [0.2, 0.25) is 0 Å². The minimum atomic E-state index is -0.417. The van der Waals surface area contributed by atoms with Crippen molar-refractivity contribution in [2.24, 2.45) is 5.10 Å². The van der Waals surface area contributed by atoms with Crippen LogP contribution >= 0.6 is 0 Å². The Labute approximate surface area is 184 Å². The van der Waals surface area contributed by atoms with E-state index < -0.39 is 5.91 Å². The fourth-order valence-corrected chi connectivity index (χ4v) is 3.41. The Bertz CT molecular complexity index is 1300. The summed E-state index contributed by atoms with van der Waals surface area (Å²) in [6.07, 6.45) is 1.52. The van der Waals surface area contributed by atoms with E-state index in [-0.39, 0.29) is 5.69 Å². The molecule has 1 heterocycles. The number of nitrogens with zero attached hydrogens (tertiary/aromatic N) is 2. The van der Waals surface area contributed by atoms with Gasteiger partial charge in [-0.3, -0.25) is 9.89 Å². The van der Waals surface area contributed by atoms with Crippen molar-refractivity contribution in [1.82, 2.24) is 15.6 Å². The standard InChI is InChI=1S/C24H22N4O4/c1-30-20-10-8-15(12-22(20)32-3)14-25-28-24(29)19-13-18(26-27-19)23-17-7-5-4-6-16(17)9-11-21(23)31-2/h4-14H,1-3H3,(H,26,27)(H,28,29). The predicted molar refractivity (Wildman–Crippen MR) is 123 cm³/mol. The zero-order valence-electron chi connectivity index (χ0n) is 17.9. The number of hydrogen-bond acceptors (Lipinski definition) is 6. The quantitative estimate of drug-likeness (QED) is 0.341. The molecule has 0 fully saturated rings. The normalized spacial score (nSPS) is 11.0. The smallest absolute Gasteiger partial charge is 0.289 e. The van der Waals surface area contributed by atoms with Crippen molar-refractivity contribution in [3.8, 4) is 28.5 Å². The summed E-state index contributed by atoms with van der Waals surface area (Å²) in [6.45, 7) is 0. The Hall–Kier alpha value is -4.33. The third kappa shape index (κ3) is 4.11. The number of benzene rings is 3. The van der Waals surface area contributed by atoms with Crippen LogP contribution in [0, 0.1) is 0 Å². The largest absolute Gasteiger partial charge is 0.496 e. The summed E-state index contributed by atoms with van der Waals surface area (Å²) < 4.78 is 16.0. The number of fused-ring (bicyclic) bond motifs is 1. The highest BCUT2D eigenvalue weighted by Crippen LogP contribution is 2.36. The minimum absolute atomic E-state index is 0.277. The highest BCUT2D eigenvalue weighted by atomic mass is 16.5. The molecule has 0 aliphatic heterocycles. The number of H-pyrrole nitrogens is 1. The maximum absolute atomic E-state index is 12.5. The molecular formula is C24H22N4O4. The van der Waals surface area contributed by atoms with Crippen molar-refractivity contribution >= 4 is 22.9 Å². The topological polar surface area (TPSA) is 97.8 Å². The van der Waals surface area contributed by atoms with Gasteiger partial charge >= 0.3 is 0 Å². The van der Waals surface area contributed by atoms with Gasteiger partial charge in [0.15, 0.2) is 11.5 Å². The van der Waals surface area contributed by atoms with Gasteiger partial charge in [-0.25, -0.2) is 5.43 Å². The van der Waals surface area contributed by atoms with Crippen LogP contribution < -0.4 is 19.6 Å². The van der Waals surface area contributed by atoms with Crippen LogP contribution in [0.1, 0.15) is 16.1 Å². The van der Waals surface area contributed by atoms with Gasteiger partial charge in [0.2, 0.25) is 0 Å². The summed E-state index contributed by atoms with van der Waals surface area (Å²) in [6, 6.07) is 18.8. The summed E-state index contributed by atoms with van der Waals surface area (Å²) in [5, 5.41) is 13.2. The summed E-state index contributed by atoms with van der Waals surface area (Å²) >= 11 is 0. The molecular weight excluding hydrogens is 408 g/mol. The van der Waals surface area contributed by atoms with E-state index in [0.29, 0.717) is 22.9 Å². The van der Waals surface area contributed by atoms with Crippen molar-refractivity contribution in [2.75, 3.05) is 21.3 Å². The van der Waals surface area contributed by atoms with E-state index in [9.17, 15) is 4.79 Å². The van der Waals surface area contributed by atoms with Crippen LogP contribution in [-0.4, -0.2) is 43.6 Å². The molecule has 0 saturated heterocycles. The van der Waals surface area contributed by atoms with E-state index >= 15 is 0 Å². The fourth-order valence-electron chi connectivity index (χ4n) is 3.41. The second-order valence-corrected chi connectivity index (χ2v) is 6.84. The molecule has 8 nitrogen and oxygen atoms in total. The maximum atomic E-state index is 12.5. The highest BCUT2D eigenvalue weighted by Gasteiger charge is 2.16. The molecule has 0 saturated carbocycles. The third-order valence-electron chi connectivity index (χ3n) is 4.98. The molecule has 0 atom stereocenters. The number of hydrogen-bond donors (Lipinski definition) is 2. The van der Waals surface area contributed by atoms with Crippen molar-refractivity contribution in [3.63, 3.8) is 0 Å². The van der Waals surface area contributed by atoms with Gasteiger partial charge in [0.1, 0.15) is 11.4 Å². The number of rotatable bonds is 7. The number of aromatic amines is 1. The van der Waals surface area contributed by atoms with E-state index in [0.717, 1.165) is 21.9 Å². The van der Waals surface area contributed by atoms with Gasteiger partial charge in [-0.1, -0.05) is 30.3 Å². The molecule has 0 spiro atoms.